The van der Waals surface area contributed by atoms with E-state index in [1.165, 1.54) is 18.2 Å². The number of carbonyl (C=O) groups is 1. The Morgan fingerprint density at radius 2 is 1.78 bits per heavy atom. The van der Waals surface area contributed by atoms with Crippen molar-refractivity contribution in [2.75, 3.05) is 18.0 Å². The van der Waals surface area contributed by atoms with Gasteiger partial charge in [0.25, 0.3) is 5.91 Å². The summed E-state index contributed by atoms with van der Waals surface area (Å²) >= 11 is 0. The summed E-state index contributed by atoms with van der Waals surface area (Å²) in [5, 5.41) is 0. The number of ether oxygens (including phenoxy) is 1. The van der Waals surface area contributed by atoms with Crippen molar-refractivity contribution in [3.8, 4) is 17.0 Å². The number of anilines is 1. The number of pyridine rings is 1. The number of rotatable bonds is 5. The van der Waals surface area contributed by atoms with Crippen LogP contribution in [0.1, 0.15) is 22.3 Å². The van der Waals surface area contributed by atoms with Crippen LogP contribution in [-0.4, -0.2) is 30.1 Å². The van der Waals surface area contributed by atoms with Crippen LogP contribution >= 0.6 is 0 Å². The molecule has 5 nitrogen and oxygen atoms in total. The van der Waals surface area contributed by atoms with Gasteiger partial charge >= 0.3 is 6.18 Å². The standard InChI is InChI=1S/C23H19F4N3O2/c24-17-5-1-14(2-6-17)15-3-7-20(19(11-15)22(28)31)30-10-9-18(13-30)32-21-8-4-16(12-29-21)23(25,26)27/h1-8,11-12,18H,9-10,13H2,(H2,28,31). The zero-order chi connectivity index (χ0) is 22.9. The summed E-state index contributed by atoms with van der Waals surface area (Å²) < 4.78 is 57.0. The predicted octanol–water partition coefficient (Wildman–Crippen LogP) is 4.66. The van der Waals surface area contributed by atoms with Crippen LogP contribution in [0.5, 0.6) is 5.88 Å². The predicted molar refractivity (Wildman–Crippen MR) is 111 cm³/mol. The van der Waals surface area contributed by atoms with Gasteiger partial charge in [-0.3, -0.25) is 4.79 Å². The number of amides is 1. The first-order valence-corrected chi connectivity index (χ1v) is 9.85. The van der Waals surface area contributed by atoms with E-state index in [2.05, 4.69) is 4.98 Å². The summed E-state index contributed by atoms with van der Waals surface area (Å²) in [5.74, 6) is -0.851. The average molecular weight is 445 g/mol. The van der Waals surface area contributed by atoms with Crippen LogP contribution in [0.4, 0.5) is 23.2 Å². The van der Waals surface area contributed by atoms with E-state index in [1.807, 2.05) is 11.0 Å². The minimum absolute atomic E-state index is 0.103. The Bertz CT molecular complexity index is 1120. The molecule has 2 aromatic carbocycles. The van der Waals surface area contributed by atoms with Crippen LogP contribution in [0.25, 0.3) is 11.1 Å². The van der Waals surface area contributed by atoms with Gasteiger partial charge in [0, 0.05) is 30.9 Å². The highest BCUT2D eigenvalue weighted by molar-refractivity contribution is 6.00. The normalized spacial score (nSPS) is 16.2. The monoisotopic (exact) mass is 445 g/mol. The average Bonchev–Trinajstić information content (AvgIpc) is 3.22. The van der Waals surface area contributed by atoms with Crippen LogP contribution < -0.4 is 15.4 Å². The Balaban J connectivity index is 1.49. The second-order valence-electron chi connectivity index (χ2n) is 7.46. The van der Waals surface area contributed by atoms with Crippen molar-refractivity contribution in [1.29, 1.82) is 0 Å². The molecule has 1 aliphatic heterocycles. The zero-order valence-electron chi connectivity index (χ0n) is 16.8. The van der Waals surface area contributed by atoms with Crippen molar-refractivity contribution in [2.45, 2.75) is 18.7 Å². The van der Waals surface area contributed by atoms with E-state index in [9.17, 15) is 22.4 Å². The number of alkyl halides is 3. The van der Waals surface area contributed by atoms with E-state index in [1.54, 1.807) is 24.3 Å². The maximum atomic E-state index is 13.2. The summed E-state index contributed by atoms with van der Waals surface area (Å²) in [6.45, 7) is 0.986. The van der Waals surface area contributed by atoms with Crippen LogP contribution in [-0.2, 0) is 6.18 Å². The molecule has 3 aromatic rings. The molecule has 1 aliphatic rings. The summed E-state index contributed by atoms with van der Waals surface area (Å²) in [6, 6.07) is 13.3. The molecular weight excluding hydrogens is 426 g/mol. The van der Waals surface area contributed by atoms with E-state index < -0.39 is 17.6 Å². The Morgan fingerprint density at radius 1 is 1.06 bits per heavy atom. The molecule has 0 saturated carbocycles. The molecule has 0 aliphatic carbocycles. The highest BCUT2D eigenvalue weighted by Crippen LogP contribution is 2.32. The van der Waals surface area contributed by atoms with Crippen molar-refractivity contribution in [1.82, 2.24) is 4.98 Å². The SMILES string of the molecule is NC(=O)c1cc(-c2ccc(F)cc2)ccc1N1CCC(Oc2ccc(C(F)(F)F)cn2)C1. The number of hydrogen-bond donors (Lipinski definition) is 1. The lowest BCUT2D eigenvalue weighted by Gasteiger charge is -2.22. The van der Waals surface area contributed by atoms with Crippen molar-refractivity contribution in [3.05, 3.63) is 77.7 Å². The number of aromatic nitrogens is 1. The van der Waals surface area contributed by atoms with Crippen LogP contribution in [0.2, 0.25) is 0 Å². The van der Waals surface area contributed by atoms with Crippen LogP contribution in [0.3, 0.4) is 0 Å². The van der Waals surface area contributed by atoms with E-state index in [-0.39, 0.29) is 17.8 Å². The van der Waals surface area contributed by atoms with Gasteiger partial charge in [-0.2, -0.15) is 13.2 Å². The van der Waals surface area contributed by atoms with Gasteiger partial charge in [0.05, 0.1) is 17.7 Å². The third kappa shape index (κ3) is 4.66. The largest absolute Gasteiger partial charge is 0.472 e. The molecule has 9 heteroatoms. The van der Waals surface area contributed by atoms with E-state index in [0.29, 0.717) is 30.8 Å². The minimum Gasteiger partial charge on any atom is -0.472 e. The number of nitrogens with zero attached hydrogens (tertiary/aromatic N) is 2. The van der Waals surface area contributed by atoms with Crippen molar-refractivity contribution in [2.24, 2.45) is 5.73 Å². The molecule has 1 unspecified atom stereocenters. The third-order valence-electron chi connectivity index (χ3n) is 5.28. The quantitative estimate of drug-likeness (QED) is 0.580. The molecule has 32 heavy (non-hydrogen) atoms. The Kier molecular flexibility index (Phi) is 5.73. The first-order valence-electron chi connectivity index (χ1n) is 9.85. The molecule has 1 fully saturated rings. The molecule has 1 saturated heterocycles. The number of carbonyl (C=O) groups excluding carboxylic acids is 1. The molecule has 1 atom stereocenters. The fraction of sp³-hybridized carbons (Fsp3) is 0.217. The maximum absolute atomic E-state index is 13.2. The summed E-state index contributed by atoms with van der Waals surface area (Å²) in [7, 11) is 0. The summed E-state index contributed by atoms with van der Waals surface area (Å²) in [4.78, 5) is 17.8. The molecule has 0 bridgehead atoms. The van der Waals surface area contributed by atoms with Crippen LogP contribution in [0, 0.1) is 5.82 Å². The number of benzene rings is 2. The van der Waals surface area contributed by atoms with Gasteiger partial charge in [-0.15, -0.1) is 0 Å². The topological polar surface area (TPSA) is 68.5 Å². The van der Waals surface area contributed by atoms with Gasteiger partial charge in [-0.1, -0.05) is 18.2 Å². The van der Waals surface area contributed by atoms with Gasteiger partial charge in [0.15, 0.2) is 0 Å². The smallest absolute Gasteiger partial charge is 0.417 e. The summed E-state index contributed by atoms with van der Waals surface area (Å²) in [6.07, 6.45) is -3.43. The number of primary amides is 1. The molecule has 4 rings (SSSR count). The Labute approximate surface area is 181 Å². The number of halogens is 4. The number of nitrogens with two attached hydrogens (primary N) is 1. The first-order chi connectivity index (χ1) is 15.2. The van der Waals surface area contributed by atoms with Gasteiger partial charge in [-0.05, 0) is 41.5 Å². The molecule has 0 spiro atoms. The lowest BCUT2D eigenvalue weighted by Crippen LogP contribution is -2.27. The lowest BCUT2D eigenvalue weighted by molar-refractivity contribution is -0.137. The van der Waals surface area contributed by atoms with Gasteiger partial charge in [-0.25, -0.2) is 9.37 Å². The lowest BCUT2D eigenvalue weighted by atomic mass is 10.0. The molecule has 2 N–H and O–H groups in total. The first kappa shape index (κ1) is 21.6. The fourth-order valence-corrected chi connectivity index (χ4v) is 3.66. The van der Waals surface area contributed by atoms with E-state index in [0.717, 1.165) is 23.4 Å². The highest BCUT2D eigenvalue weighted by Gasteiger charge is 2.31. The van der Waals surface area contributed by atoms with Crippen LogP contribution in [0.15, 0.2) is 60.8 Å². The number of hydrogen-bond acceptors (Lipinski definition) is 4. The molecule has 2 heterocycles. The molecule has 166 valence electrons. The zero-order valence-corrected chi connectivity index (χ0v) is 16.8. The minimum atomic E-state index is -4.46. The maximum Gasteiger partial charge on any atom is 0.417 e. The van der Waals surface area contributed by atoms with Crippen molar-refractivity contribution >= 4 is 11.6 Å². The van der Waals surface area contributed by atoms with Crippen molar-refractivity contribution < 1.29 is 27.1 Å². The molecule has 1 amide bonds. The van der Waals surface area contributed by atoms with Gasteiger partial charge in [0.2, 0.25) is 5.88 Å². The molecular formula is C23H19F4N3O2. The molecule has 0 radical (unpaired) electrons. The van der Waals surface area contributed by atoms with Gasteiger partial charge in [0.1, 0.15) is 11.9 Å². The Hall–Kier alpha value is -3.62. The second kappa shape index (κ2) is 8.49. The van der Waals surface area contributed by atoms with Gasteiger partial charge < -0.3 is 15.4 Å². The fourth-order valence-electron chi connectivity index (χ4n) is 3.66. The molecule has 1 aromatic heterocycles. The Morgan fingerprint density at radius 3 is 2.41 bits per heavy atom. The van der Waals surface area contributed by atoms with E-state index in [4.69, 9.17) is 10.5 Å². The van der Waals surface area contributed by atoms with E-state index >= 15 is 0 Å². The third-order valence-corrected chi connectivity index (χ3v) is 5.28. The van der Waals surface area contributed by atoms with Crippen molar-refractivity contribution in [3.63, 3.8) is 0 Å². The highest BCUT2D eigenvalue weighted by atomic mass is 19.4. The second-order valence-corrected chi connectivity index (χ2v) is 7.46. The summed E-state index contributed by atoms with van der Waals surface area (Å²) in [5.41, 5.74) is 7.19.